The molecule has 0 radical (unpaired) electrons. The average molecular weight is 328 g/mol. The number of rotatable bonds is 9. The van der Waals surface area contributed by atoms with E-state index in [1.165, 1.54) is 5.56 Å². The largest absolute Gasteiger partial charge is 0.464 e. The maximum Gasteiger partial charge on any atom is 0.274 e. The van der Waals surface area contributed by atoms with Crippen LogP contribution in [0.1, 0.15) is 17.1 Å². The number of aryl methyl sites for hydroxylation is 1. The van der Waals surface area contributed by atoms with E-state index in [4.69, 9.17) is 10.2 Å². The summed E-state index contributed by atoms with van der Waals surface area (Å²) >= 11 is 1.71. The fraction of sp³-hybridized carbons (Fsp3) is 0.571. The Morgan fingerprint density at radius 1 is 1.50 bits per heavy atom. The Balaban J connectivity index is 2.37. The molecular weight excluding hydrogens is 304 g/mol. The van der Waals surface area contributed by atoms with Gasteiger partial charge in [0.05, 0.1) is 17.2 Å². The van der Waals surface area contributed by atoms with Gasteiger partial charge in [0.2, 0.25) is 0 Å². The molecule has 0 aliphatic rings. The lowest BCUT2D eigenvalue weighted by Gasteiger charge is -2.16. The van der Waals surface area contributed by atoms with E-state index < -0.39 is 4.92 Å². The fourth-order valence-electron chi connectivity index (χ4n) is 1.82. The number of nitrogens with zero attached hydrogens (tertiary/aromatic N) is 3. The summed E-state index contributed by atoms with van der Waals surface area (Å²) in [5.41, 5.74) is 6.76. The molecule has 0 unspecified atom stereocenters. The van der Waals surface area contributed by atoms with Gasteiger partial charge in [0.25, 0.3) is 6.20 Å². The van der Waals surface area contributed by atoms with Crippen molar-refractivity contribution in [2.24, 2.45) is 5.73 Å². The van der Waals surface area contributed by atoms with E-state index in [0.29, 0.717) is 6.54 Å². The lowest BCUT2D eigenvalue weighted by atomic mass is 10.2. The molecule has 22 heavy (non-hydrogen) atoms. The predicted octanol–water partition coefficient (Wildman–Crippen LogP) is 1.85. The van der Waals surface area contributed by atoms with Crippen LogP contribution in [0.3, 0.4) is 0 Å². The van der Waals surface area contributed by atoms with E-state index in [2.05, 4.69) is 11.0 Å². The van der Waals surface area contributed by atoms with Crippen LogP contribution in [0.4, 0.5) is 0 Å². The first-order valence-corrected chi connectivity index (χ1v) is 8.07. The van der Waals surface area contributed by atoms with Gasteiger partial charge in [-0.05, 0) is 32.6 Å². The number of thioether (sulfide) groups is 1. The van der Waals surface area contributed by atoms with Crippen LogP contribution in [0.15, 0.2) is 22.5 Å². The van der Waals surface area contributed by atoms with Crippen molar-refractivity contribution < 1.29 is 9.34 Å². The zero-order valence-electron chi connectivity index (χ0n) is 13.5. The Hall–Kier alpha value is -1.67. The molecule has 0 amide bonds. The van der Waals surface area contributed by atoms with Crippen LogP contribution >= 0.6 is 11.8 Å². The zero-order valence-corrected chi connectivity index (χ0v) is 14.4. The number of nitrogens with two attached hydrogens (primary N) is 1. The van der Waals surface area contributed by atoms with Gasteiger partial charge < -0.3 is 20.0 Å². The van der Waals surface area contributed by atoms with Crippen LogP contribution in [-0.2, 0) is 12.3 Å². The van der Waals surface area contributed by atoms with Gasteiger partial charge in [0, 0.05) is 19.3 Å². The molecule has 0 aromatic carbocycles. The molecular formula is C14H24N4O3S. The highest BCUT2D eigenvalue weighted by molar-refractivity contribution is 7.98. The van der Waals surface area contributed by atoms with Crippen LogP contribution in [0.5, 0.6) is 0 Å². The van der Waals surface area contributed by atoms with Gasteiger partial charge >= 0.3 is 0 Å². The van der Waals surface area contributed by atoms with E-state index in [1.807, 2.05) is 21.0 Å². The molecule has 0 saturated carbocycles. The van der Waals surface area contributed by atoms with Gasteiger partial charge in [-0.2, -0.15) is 11.8 Å². The van der Waals surface area contributed by atoms with Crippen LogP contribution in [-0.4, -0.2) is 48.2 Å². The minimum Gasteiger partial charge on any atom is -0.464 e. The summed E-state index contributed by atoms with van der Waals surface area (Å²) in [5, 5.41) is 10.3. The van der Waals surface area contributed by atoms with Crippen molar-refractivity contribution in [1.29, 1.82) is 0 Å². The summed E-state index contributed by atoms with van der Waals surface area (Å²) in [6.45, 7) is 3.49. The second kappa shape index (κ2) is 8.70. The summed E-state index contributed by atoms with van der Waals surface area (Å²) in [4.78, 5) is 13.5. The summed E-state index contributed by atoms with van der Waals surface area (Å²) < 4.78 is 5.83. The van der Waals surface area contributed by atoms with Gasteiger partial charge in [-0.25, -0.2) is 0 Å². The van der Waals surface area contributed by atoms with Gasteiger partial charge in [0.1, 0.15) is 11.5 Å². The van der Waals surface area contributed by atoms with Crippen LogP contribution in [0.2, 0.25) is 0 Å². The summed E-state index contributed by atoms with van der Waals surface area (Å²) in [6, 6.07) is 2.07. The van der Waals surface area contributed by atoms with E-state index in [1.54, 1.807) is 23.7 Å². The van der Waals surface area contributed by atoms with E-state index in [-0.39, 0.29) is 5.82 Å². The number of furan rings is 1. The Morgan fingerprint density at radius 3 is 2.77 bits per heavy atom. The highest BCUT2D eigenvalue weighted by Crippen LogP contribution is 2.20. The first kappa shape index (κ1) is 18.4. The molecule has 1 aromatic heterocycles. The molecule has 0 atom stereocenters. The second-order valence-corrected chi connectivity index (χ2v) is 6.48. The minimum absolute atomic E-state index is 0.160. The first-order valence-electron chi connectivity index (χ1n) is 6.92. The molecule has 1 heterocycles. The first-order chi connectivity index (χ1) is 10.3. The molecule has 0 saturated heterocycles. The molecule has 0 spiro atoms. The molecule has 124 valence electrons. The topological polar surface area (TPSA) is 88.8 Å². The Labute approximate surface area is 135 Å². The quantitative estimate of drug-likeness (QED) is 0.420. The Kier molecular flexibility index (Phi) is 7.26. The molecule has 0 aliphatic carbocycles. The minimum atomic E-state index is -0.545. The third kappa shape index (κ3) is 6.40. The van der Waals surface area contributed by atoms with E-state index in [9.17, 15) is 10.1 Å². The predicted molar refractivity (Wildman–Crippen MR) is 88.9 cm³/mol. The number of nitro groups is 1. The van der Waals surface area contributed by atoms with Crippen LogP contribution in [0.25, 0.3) is 0 Å². The van der Waals surface area contributed by atoms with Crippen molar-refractivity contribution in [2.45, 2.75) is 19.2 Å². The van der Waals surface area contributed by atoms with Crippen LogP contribution in [0, 0.1) is 17.0 Å². The van der Waals surface area contributed by atoms with Gasteiger partial charge in [-0.1, -0.05) is 0 Å². The van der Waals surface area contributed by atoms with Crippen molar-refractivity contribution in [3.63, 3.8) is 0 Å². The molecule has 0 bridgehead atoms. The zero-order chi connectivity index (χ0) is 16.7. The molecule has 0 fully saturated rings. The summed E-state index contributed by atoms with van der Waals surface area (Å²) in [7, 11) is 5.76. The molecule has 7 nitrogen and oxygen atoms in total. The van der Waals surface area contributed by atoms with Gasteiger partial charge in [-0.3, -0.25) is 10.1 Å². The van der Waals surface area contributed by atoms with Crippen molar-refractivity contribution in [3.8, 4) is 0 Å². The third-order valence-electron chi connectivity index (χ3n) is 3.03. The number of hydrogen-bond acceptors (Lipinski definition) is 7. The Morgan fingerprint density at radius 2 is 2.18 bits per heavy atom. The molecule has 1 aromatic rings. The van der Waals surface area contributed by atoms with E-state index in [0.717, 1.165) is 35.8 Å². The summed E-state index contributed by atoms with van der Waals surface area (Å²) in [6.07, 6.45) is 0.814. The summed E-state index contributed by atoms with van der Waals surface area (Å²) in [5.74, 6) is 3.70. The van der Waals surface area contributed by atoms with Gasteiger partial charge in [-0.15, -0.1) is 0 Å². The smallest absolute Gasteiger partial charge is 0.274 e. The number of hydrogen-bond donors (Lipinski definition) is 1. The highest BCUT2D eigenvalue weighted by Gasteiger charge is 2.09. The van der Waals surface area contributed by atoms with E-state index >= 15 is 0 Å². The van der Waals surface area contributed by atoms with Crippen molar-refractivity contribution >= 4 is 11.8 Å². The third-order valence-corrected chi connectivity index (χ3v) is 3.99. The molecule has 2 N–H and O–H groups in total. The monoisotopic (exact) mass is 328 g/mol. The van der Waals surface area contributed by atoms with Crippen LogP contribution < -0.4 is 5.73 Å². The highest BCUT2D eigenvalue weighted by atomic mass is 32.2. The SMILES string of the molecule is Cc1cc(CSCCN(C)C(N)=C[N+](=O)[O-])oc1CN(C)C. The normalized spacial score (nSPS) is 12.0. The maximum absolute atomic E-state index is 10.3. The lowest BCUT2D eigenvalue weighted by Crippen LogP contribution is -2.26. The van der Waals surface area contributed by atoms with Crippen molar-refractivity contribution in [2.75, 3.05) is 33.4 Å². The van der Waals surface area contributed by atoms with Crippen molar-refractivity contribution in [3.05, 3.63) is 45.3 Å². The maximum atomic E-state index is 10.3. The molecule has 1 rings (SSSR count). The standard InChI is InChI=1S/C14H24N4O3S/c1-11-7-12(21-13(11)8-16(2)3)10-22-6-5-17(4)14(15)9-18(19)20/h7,9H,5-6,8,10,15H2,1-4H3. The fourth-order valence-corrected chi connectivity index (χ4v) is 2.71. The lowest BCUT2D eigenvalue weighted by molar-refractivity contribution is -0.404. The average Bonchev–Trinajstić information content (AvgIpc) is 2.73. The van der Waals surface area contributed by atoms with Crippen molar-refractivity contribution in [1.82, 2.24) is 9.80 Å². The van der Waals surface area contributed by atoms with Gasteiger partial charge in [0.15, 0.2) is 5.82 Å². The second-order valence-electron chi connectivity index (χ2n) is 5.37. The molecule has 8 heteroatoms. The molecule has 0 aliphatic heterocycles. The Bertz CT molecular complexity index is 528.